The third-order valence-corrected chi connectivity index (χ3v) is 6.18. The van der Waals surface area contributed by atoms with E-state index in [-0.39, 0.29) is 29.3 Å². The molecule has 4 aromatic rings. The van der Waals surface area contributed by atoms with Gasteiger partial charge in [-0.2, -0.15) is 0 Å². The minimum atomic E-state index is -0.287. The van der Waals surface area contributed by atoms with Gasteiger partial charge in [-0.1, -0.05) is 0 Å². The van der Waals surface area contributed by atoms with Crippen LogP contribution in [0.3, 0.4) is 0 Å². The second kappa shape index (κ2) is 9.18. The third-order valence-electron chi connectivity index (χ3n) is 6.18. The minimum Gasteiger partial charge on any atom is -0.385 e. The van der Waals surface area contributed by atoms with Gasteiger partial charge in [-0.25, -0.2) is 9.50 Å². The van der Waals surface area contributed by atoms with E-state index < -0.39 is 0 Å². The van der Waals surface area contributed by atoms with Crippen LogP contribution in [-0.2, 0) is 4.74 Å². The standard InChI is InChI=1S/C24H26N8O3/c1-14-6-7-15(12-26-14)31-10-4-5-17(24(31)34)28-21-11-18(25-2)22-27-13-19(32(22)30-21)23(33)29-16-8-9-20(16)35-3/h4-7,10-13,16,20,25H,8-9H2,1-3H3,(H,28,30)(H,29,33)/t16?,20-/m0/s1. The molecule has 2 atom stereocenters. The largest absolute Gasteiger partial charge is 0.385 e. The summed E-state index contributed by atoms with van der Waals surface area (Å²) in [5.41, 5.74) is 3.02. The van der Waals surface area contributed by atoms with Crippen LogP contribution in [0.5, 0.6) is 0 Å². The Kier molecular flexibility index (Phi) is 5.91. The SMILES string of the molecule is CNc1cc(Nc2cccn(-c3ccc(C)nc3)c2=O)nn2c(C(=O)NC3CC[C@@H]3OC)cnc12. The van der Waals surface area contributed by atoms with Crippen molar-refractivity contribution in [3.05, 3.63) is 70.7 Å². The first-order valence-corrected chi connectivity index (χ1v) is 11.3. The van der Waals surface area contributed by atoms with Crippen LogP contribution in [0.15, 0.2) is 53.7 Å². The molecule has 11 nitrogen and oxygen atoms in total. The Hall–Kier alpha value is -4.25. The fourth-order valence-corrected chi connectivity index (χ4v) is 4.06. The Balaban J connectivity index is 1.48. The number of fused-ring (bicyclic) bond motifs is 1. The Labute approximate surface area is 201 Å². The summed E-state index contributed by atoms with van der Waals surface area (Å²) in [6.45, 7) is 1.89. The average molecular weight is 475 g/mol. The third kappa shape index (κ3) is 4.21. The molecule has 180 valence electrons. The van der Waals surface area contributed by atoms with Crippen molar-refractivity contribution >= 4 is 28.7 Å². The predicted molar refractivity (Wildman–Crippen MR) is 132 cm³/mol. The van der Waals surface area contributed by atoms with Gasteiger partial charge in [0.15, 0.2) is 17.2 Å². The number of carbonyl (C=O) groups excluding carboxylic acids is 1. The van der Waals surface area contributed by atoms with Crippen molar-refractivity contribution in [1.29, 1.82) is 0 Å². The highest BCUT2D eigenvalue weighted by Crippen LogP contribution is 2.24. The molecule has 1 saturated carbocycles. The summed E-state index contributed by atoms with van der Waals surface area (Å²) in [7, 11) is 3.40. The second-order valence-corrected chi connectivity index (χ2v) is 8.38. The van der Waals surface area contributed by atoms with E-state index in [2.05, 4.69) is 31.0 Å². The highest BCUT2D eigenvalue weighted by Gasteiger charge is 2.33. The molecule has 0 aromatic carbocycles. The maximum Gasteiger partial charge on any atom is 0.278 e. The summed E-state index contributed by atoms with van der Waals surface area (Å²) >= 11 is 0. The summed E-state index contributed by atoms with van der Waals surface area (Å²) in [6.07, 6.45) is 6.61. The average Bonchev–Trinajstić information content (AvgIpc) is 3.27. The van der Waals surface area contributed by atoms with E-state index in [0.717, 1.165) is 18.5 Å². The molecule has 1 amide bonds. The van der Waals surface area contributed by atoms with Crippen molar-refractivity contribution in [1.82, 2.24) is 29.5 Å². The molecule has 4 heterocycles. The summed E-state index contributed by atoms with van der Waals surface area (Å²) in [4.78, 5) is 34.8. The minimum absolute atomic E-state index is 0.0140. The van der Waals surface area contributed by atoms with Crippen LogP contribution in [-0.4, -0.2) is 56.4 Å². The lowest BCUT2D eigenvalue weighted by Crippen LogP contribution is -2.51. The molecule has 11 heteroatoms. The van der Waals surface area contributed by atoms with Crippen molar-refractivity contribution in [2.24, 2.45) is 0 Å². The number of nitrogens with zero attached hydrogens (tertiary/aromatic N) is 5. The van der Waals surface area contributed by atoms with Gasteiger partial charge in [0.1, 0.15) is 5.69 Å². The topological polar surface area (TPSA) is 127 Å². The zero-order valence-corrected chi connectivity index (χ0v) is 19.6. The lowest BCUT2D eigenvalue weighted by molar-refractivity contribution is 0.00718. The number of methoxy groups -OCH3 is 1. The molecule has 1 fully saturated rings. The monoisotopic (exact) mass is 474 g/mol. The number of nitrogens with one attached hydrogen (secondary N) is 3. The quantitative estimate of drug-likeness (QED) is 0.372. The molecule has 0 bridgehead atoms. The number of pyridine rings is 2. The van der Waals surface area contributed by atoms with Crippen LogP contribution in [0.25, 0.3) is 11.3 Å². The van der Waals surface area contributed by atoms with Gasteiger partial charge >= 0.3 is 0 Å². The van der Waals surface area contributed by atoms with E-state index in [1.807, 2.05) is 19.1 Å². The first-order chi connectivity index (χ1) is 17.0. The first kappa shape index (κ1) is 22.5. The Morgan fingerprint density at radius 1 is 1.14 bits per heavy atom. The van der Waals surface area contributed by atoms with Crippen molar-refractivity contribution in [2.45, 2.75) is 31.9 Å². The normalized spacial score (nSPS) is 17.1. The fourth-order valence-electron chi connectivity index (χ4n) is 4.06. The number of imidazole rings is 1. The van der Waals surface area contributed by atoms with Gasteiger partial charge in [0.25, 0.3) is 11.5 Å². The van der Waals surface area contributed by atoms with Crippen molar-refractivity contribution < 1.29 is 9.53 Å². The maximum absolute atomic E-state index is 13.2. The number of hydrogen-bond acceptors (Lipinski definition) is 8. The molecular formula is C24H26N8O3. The molecule has 1 aliphatic carbocycles. The molecule has 0 radical (unpaired) electrons. The first-order valence-electron chi connectivity index (χ1n) is 11.3. The van der Waals surface area contributed by atoms with E-state index >= 15 is 0 Å². The lowest BCUT2D eigenvalue weighted by Gasteiger charge is -2.35. The van der Waals surface area contributed by atoms with Gasteiger partial charge in [0.2, 0.25) is 0 Å². The Morgan fingerprint density at radius 3 is 2.69 bits per heavy atom. The van der Waals surface area contributed by atoms with Crippen LogP contribution >= 0.6 is 0 Å². The Bertz CT molecular complexity index is 1440. The van der Waals surface area contributed by atoms with Crippen molar-refractivity contribution in [2.75, 3.05) is 24.8 Å². The highest BCUT2D eigenvalue weighted by molar-refractivity contribution is 5.94. The van der Waals surface area contributed by atoms with E-state index in [0.29, 0.717) is 28.5 Å². The molecule has 5 rings (SSSR count). The number of hydrogen-bond donors (Lipinski definition) is 3. The van der Waals surface area contributed by atoms with E-state index in [9.17, 15) is 9.59 Å². The molecule has 0 spiro atoms. The molecular weight excluding hydrogens is 448 g/mol. The summed E-state index contributed by atoms with van der Waals surface area (Å²) in [5, 5.41) is 13.7. The molecule has 35 heavy (non-hydrogen) atoms. The van der Waals surface area contributed by atoms with Crippen LogP contribution in [0.4, 0.5) is 17.2 Å². The van der Waals surface area contributed by atoms with Crippen molar-refractivity contribution in [3.63, 3.8) is 0 Å². The summed E-state index contributed by atoms with van der Waals surface area (Å²) in [5.74, 6) is 0.0917. The second-order valence-electron chi connectivity index (χ2n) is 8.38. The van der Waals surface area contributed by atoms with Crippen LogP contribution in [0.1, 0.15) is 29.0 Å². The molecule has 0 aliphatic heterocycles. The molecule has 3 N–H and O–H groups in total. The molecule has 0 saturated heterocycles. The van der Waals surface area contributed by atoms with Gasteiger partial charge in [-0.15, -0.1) is 5.10 Å². The molecule has 1 unspecified atom stereocenters. The lowest BCUT2D eigenvalue weighted by atomic mass is 9.89. The van der Waals surface area contributed by atoms with Crippen LogP contribution < -0.4 is 21.5 Å². The van der Waals surface area contributed by atoms with Crippen LogP contribution in [0, 0.1) is 6.92 Å². The van der Waals surface area contributed by atoms with Gasteiger partial charge in [0, 0.05) is 32.1 Å². The van der Waals surface area contributed by atoms with E-state index in [4.69, 9.17) is 4.74 Å². The smallest absolute Gasteiger partial charge is 0.278 e. The Morgan fingerprint density at radius 2 is 2.00 bits per heavy atom. The number of rotatable bonds is 7. The highest BCUT2D eigenvalue weighted by atomic mass is 16.5. The van der Waals surface area contributed by atoms with Gasteiger partial charge in [0.05, 0.1) is 35.9 Å². The number of amides is 1. The maximum atomic E-state index is 13.2. The number of carbonyl (C=O) groups is 1. The zero-order chi connectivity index (χ0) is 24.5. The molecule has 4 aromatic heterocycles. The summed E-state index contributed by atoms with van der Waals surface area (Å²) in [6, 6.07) is 8.82. The van der Waals surface area contributed by atoms with Gasteiger partial charge in [-0.3, -0.25) is 19.1 Å². The number of aromatic nitrogens is 5. The zero-order valence-electron chi connectivity index (χ0n) is 19.6. The fraction of sp³-hybridized carbons (Fsp3) is 0.292. The van der Waals surface area contributed by atoms with Crippen LogP contribution in [0.2, 0.25) is 0 Å². The molecule has 1 aliphatic rings. The van der Waals surface area contributed by atoms with E-state index in [1.165, 1.54) is 15.3 Å². The number of aryl methyl sites for hydroxylation is 1. The summed E-state index contributed by atoms with van der Waals surface area (Å²) < 4.78 is 8.35. The van der Waals surface area contributed by atoms with Gasteiger partial charge in [-0.05, 0) is 44.0 Å². The van der Waals surface area contributed by atoms with Crippen molar-refractivity contribution in [3.8, 4) is 5.69 Å². The number of ether oxygens (including phenoxy) is 1. The number of anilines is 3. The van der Waals surface area contributed by atoms with Gasteiger partial charge < -0.3 is 20.7 Å². The van der Waals surface area contributed by atoms with E-state index in [1.54, 1.807) is 44.8 Å². The predicted octanol–water partition coefficient (Wildman–Crippen LogP) is 2.28.